The molecule has 17 heavy (non-hydrogen) atoms. The summed E-state index contributed by atoms with van der Waals surface area (Å²) < 4.78 is 22.7. The number of hydrogen-bond acceptors (Lipinski definition) is 4. The number of nitrogens with zero attached hydrogens (tertiary/aromatic N) is 1. The number of carbonyl (C=O) groups is 1. The lowest BCUT2D eigenvalue weighted by atomic mass is 9.86. The van der Waals surface area contributed by atoms with Crippen LogP contribution in [0.4, 0.5) is 0 Å². The molecule has 1 heterocycles. The van der Waals surface area contributed by atoms with Crippen molar-refractivity contribution in [2.75, 3.05) is 18.6 Å². The van der Waals surface area contributed by atoms with Gasteiger partial charge in [-0.2, -0.15) is 0 Å². The highest BCUT2D eigenvalue weighted by Gasteiger charge is 2.37. The van der Waals surface area contributed by atoms with Gasteiger partial charge in [-0.25, -0.2) is 8.42 Å². The maximum atomic E-state index is 12.1. The van der Waals surface area contributed by atoms with E-state index in [9.17, 15) is 13.2 Å². The van der Waals surface area contributed by atoms with E-state index in [1.54, 1.807) is 7.05 Å². The molecule has 0 saturated carbocycles. The number of sulfone groups is 1. The zero-order valence-corrected chi connectivity index (χ0v) is 11.8. The van der Waals surface area contributed by atoms with Crippen LogP contribution in [0.15, 0.2) is 0 Å². The molecule has 0 radical (unpaired) electrons. The van der Waals surface area contributed by atoms with Gasteiger partial charge in [0.25, 0.3) is 0 Å². The van der Waals surface area contributed by atoms with Gasteiger partial charge < -0.3 is 10.6 Å². The van der Waals surface area contributed by atoms with Crippen LogP contribution < -0.4 is 5.73 Å². The van der Waals surface area contributed by atoms with Crippen LogP contribution in [0.1, 0.15) is 27.2 Å². The van der Waals surface area contributed by atoms with Gasteiger partial charge in [0.05, 0.1) is 17.5 Å². The van der Waals surface area contributed by atoms with Crippen molar-refractivity contribution in [3.8, 4) is 0 Å². The third-order valence-electron chi connectivity index (χ3n) is 3.30. The summed E-state index contributed by atoms with van der Waals surface area (Å²) in [5.41, 5.74) is 5.57. The van der Waals surface area contributed by atoms with Gasteiger partial charge in [0, 0.05) is 13.1 Å². The fourth-order valence-electron chi connectivity index (χ4n) is 1.85. The van der Waals surface area contributed by atoms with Gasteiger partial charge >= 0.3 is 0 Å². The summed E-state index contributed by atoms with van der Waals surface area (Å²) in [5.74, 6) is 0.0474. The van der Waals surface area contributed by atoms with E-state index in [0.29, 0.717) is 6.42 Å². The van der Waals surface area contributed by atoms with Gasteiger partial charge in [-0.1, -0.05) is 20.8 Å². The maximum absolute atomic E-state index is 12.1. The van der Waals surface area contributed by atoms with Crippen molar-refractivity contribution in [3.63, 3.8) is 0 Å². The Morgan fingerprint density at radius 2 is 1.94 bits per heavy atom. The summed E-state index contributed by atoms with van der Waals surface area (Å²) in [7, 11) is -1.33. The van der Waals surface area contributed by atoms with E-state index in [1.807, 2.05) is 20.8 Å². The van der Waals surface area contributed by atoms with Gasteiger partial charge in [-0.15, -0.1) is 0 Å². The quantitative estimate of drug-likeness (QED) is 0.760. The number of rotatable bonds is 2. The minimum absolute atomic E-state index is 0.0616. The van der Waals surface area contributed by atoms with E-state index >= 15 is 0 Å². The topological polar surface area (TPSA) is 80.5 Å². The summed E-state index contributed by atoms with van der Waals surface area (Å²) in [6.45, 7) is 5.69. The molecule has 0 aliphatic carbocycles. The van der Waals surface area contributed by atoms with Crippen LogP contribution in [-0.4, -0.2) is 49.9 Å². The first-order valence-corrected chi connectivity index (χ1v) is 7.59. The fourth-order valence-corrected chi connectivity index (χ4v) is 3.62. The molecule has 2 unspecified atom stereocenters. The Bertz CT molecular complexity index is 397. The number of carbonyl (C=O) groups excluding carboxylic acids is 1. The van der Waals surface area contributed by atoms with E-state index in [4.69, 9.17) is 5.73 Å². The van der Waals surface area contributed by atoms with Crippen LogP contribution in [0, 0.1) is 5.41 Å². The van der Waals surface area contributed by atoms with Crippen LogP contribution in [0.25, 0.3) is 0 Å². The lowest BCUT2D eigenvalue weighted by Gasteiger charge is -2.32. The molecule has 2 atom stereocenters. The molecule has 0 bridgehead atoms. The molecule has 1 rings (SSSR count). The Hall–Kier alpha value is -0.620. The number of nitrogens with two attached hydrogens (primary N) is 1. The Balaban J connectivity index is 2.72. The molecule has 0 aromatic rings. The molecule has 1 amide bonds. The molecular weight excluding hydrogens is 240 g/mol. The van der Waals surface area contributed by atoms with Crippen molar-refractivity contribution in [1.82, 2.24) is 4.90 Å². The predicted molar refractivity (Wildman–Crippen MR) is 67.3 cm³/mol. The van der Waals surface area contributed by atoms with Crippen molar-refractivity contribution < 1.29 is 13.2 Å². The van der Waals surface area contributed by atoms with Crippen LogP contribution in [0.2, 0.25) is 0 Å². The summed E-state index contributed by atoms with van der Waals surface area (Å²) in [6, 6.07) is -0.822. The van der Waals surface area contributed by atoms with Crippen molar-refractivity contribution in [3.05, 3.63) is 0 Å². The highest BCUT2D eigenvalue weighted by Crippen LogP contribution is 2.22. The first-order valence-electron chi connectivity index (χ1n) is 5.77. The van der Waals surface area contributed by atoms with Crippen LogP contribution in [-0.2, 0) is 14.6 Å². The Labute approximate surface area is 103 Å². The van der Waals surface area contributed by atoms with Crippen molar-refractivity contribution in [1.29, 1.82) is 0 Å². The van der Waals surface area contributed by atoms with Gasteiger partial charge in [0.2, 0.25) is 5.91 Å². The second-order valence-corrected chi connectivity index (χ2v) is 8.08. The van der Waals surface area contributed by atoms with E-state index in [-0.39, 0.29) is 28.9 Å². The third-order valence-corrected chi connectivity index (χ3v) is 5.05. The standard InChI is InChI=1S/C11H22N2O3S/c1-11(2,3)9(12)10(14)13(4)8-5-6-17(15,16)7-8/h8-9H,5-7,12H2,1-4H3. The summed E-state index contributed by atoms with van der Waals surface area (Å²) in [6.07, 6.45) is 0.515. The van der Waals surface area contributed by atoms with E-state index in [0.717, 1.165) is 0 Å². The van der Waals surface area contributed by atoms with Crippen molar-refractivity contribution in [2.45, 2.75) is 39.3 Å². The van der Waals surface area contributed by atoms with Crippen LogP contribution in [0.3, 0.4) is 0 Å². The molecule has 1 saturated heterocycles. The minimum Gasteiger partial charge on any atom is -0.340 e. The molecule has 1 aliphatic heterocycles. The average Bonchev–Trinajstić information content (AvgIpc) is 2.54. The number of likely N-dealkylation sites (N-methyl/N-ethyl adjacent to an activating group) is 1. The largest absolute Gasteiger partial charge is 0.340 e. The summed E-state index contributed by atoms with van der Waals surface area (Å²) in [4.78, 5) is 13.6. The molecule has 0 aromatic heterocycles. The zero-order valence-electron chi connectivity index (χ0n) is 10.9. The molecule has 5 nitrogen and oxygen atoms in total. The zero-order chi connectivity index (χ0) is 13.4. The van der Waals surface area contributed by atoms with E-state index in [2.05, 4.69) is 0 Å². The number of hydrogen-bond donors (Lipinski definition) is 1. The molecule has 100 valence electrons. The first kappa shape index (κ1) is 14.4. The highest BCUT2D eigenvalue weighted by atomic mass is 32.2. The fraction of sp³-hybridized carbons (Fsp3) is 0.909. The van der Waals surface area contributed by atoms with Gasteiger partial charge in [0.1, 0.15) is 0 Å². The van der Waals surface area contributed by atoms with Gasteiger partial charge in [-0.05, 0) is 11.8 Å². The SMILES string of the molecule is CN(C(=O)C(N)C(C)(C)C)C1CCS(=O)(=O)C1. The highest BCUT2D eigenvalue weighted by molar-refractivity contribution is 7.91. The normalized spacial score (nSPS) is 25.6. The van der Waals surface area contributed by atoms with E-state index < -0.39 is 15.9 Å². The minimum atomic E-state index is -2.97. The van der Waals surface area contributed by atoms with E-state index in [1.165, 1.54) is 4.90 Å². The average molecular weight is 262 g/mol. The molecule has 2 N–H and O–H groups in total. The second-order valence-electron chi connectivity index (χ2n) is 5.85. The monoisotopic (exact) mass is 262 g/mol. The Kier molecular flexibility index (Phi) is 3.88. The smallest absolute Gasteiger partial charge is 0.240 e. The molecule has 1 fully saturated rings. The Morgan fingerprint density at radius 1 is 1.41 bits per heavy atom. The van der Waals surface area contributed by atoms with Crippen molar-refractivity contribution in [2.24, 2.45) is 11.1 Å². The first-order chi connectivity index (χ1) is 7.54. The molecule has 6 heteroatoms. The van der Waals surface area contributed by atoms with Crippen LogP contribution >= 0.6 is 0 Å². The van der Waals surface area contributed by atoms with Crippen molar-refractivity contribution >= 4 is 15.7 Å². The molecular formula is C11H22N2O3S. The lowest BCUT2D eigenvalue weighted by Crippen LogP contribution is -2.52. The van der Waals surface area contributed by atoms with Gasteiger partial charge in [-0.3, -0.25) is 4.79 Å². The lowest BCUT2D eigenvalue weighted by molar-refractivity contribution is -0.135. The molecule has 0 spiro atoms. The maximum Gasteiger partial charge on any atom is 0.240 e. The summed E-state index contributed by atoms with van der Waals surface area (Å²) in [5, 5.41) is 0. The third kappa shape index (κ3) is 3.42. The van der Waals surface area contributed by atoms with Gasteiger partial charge in [0.15, 0.2) is 9.84 Å². The summed E-state index contributed by atoms with van der Waals surface area (Å²) >= 11 is 0. The number of amides is 1. The predicted octanol–water partition coefficient (Wildman–Crippen LogP) is 0.00530. The van der Waals surface area contributed by atoms with Crippen LogP contribution in [0.5, 0.6) is 0 Å². The second kappa shape index (κ2) is 4.57. The molecule has 0 aromatic carbocycles. The Morgan fingerprint density at radius 3 is 2.29 bits per heavy atom. The molecule has 1 aliphatic rings.